The molecule has 5 heteroatoms. The number of carboxylic acids is 1. The van der Waals surface area contributed by atoms with Crippen LogP contribution in [-0.2, 0) is 4.79 Å². The number of nitrogens with two attached hydrogens (primary N) is 1. The van der Waals surface area contributed by atoms with Gasteiger partial charge in [0.1, 0.15) is 5.76 Å². The van der Waals surface area contributed by atoms with E-state index in [4.69, 9.17) is 15.3 Å². The zero-order valence-electron chi connectivity index (χ0n) is 7.27. The van der Waals surface area contributed by atoms with E-state index < -0.39 is 5.97 Å². The maximum absolute atomic E-state index is 11.0. The second kappa shape index (κ2) is 4.38. The molecule has 0 atom stereocenters. The Morgan fingerprint density at radius 3 is 2.79 bits per heavy atom. The van der Waals surface area contributed by atoms with Crippen molar-refractivity contribution in [2.24, 2.45) is 5.73 Å². The molecule has 0 aromatic carbocycles. The van der Waals surface area contributed by atoms with Gasteiger partial charge in [0.15, 0.2) is 5.76 Å². The molecular formula is C9H9NO4. The number of Topliss-reactive ketones (excluding diaryl/α,β-unsaturated/α-hetero) is 1. The molecule has 1 aromatic heterocycles. The first kappa shape index (κ1) is 10.2. The molecule has 1 heterocycles. The number of ketones is 1. The molecule has 0 saturated heterocycles. The Bertz CT molecular complexity index is 378. The minimum absolute atomic E-state index is 0.129. The Hall–Kier alpha value is -1.88. The maximum atomic E-state index is 11.0. The van der Waals surface area contributed by atoms with E-state index in [1.54, 1.807) is 0 Å². The number of carbonyl (C=O) groups is 2. The molecule has 0 aliphatic carbocycles. The molecule has 74 valence electrons. The van der Waals surface area contributed by atoms with E-state index >= 15 is 0 Å². The van der Waals surface area contributed by atoms with Crippen molar-refractivity contribution < 1.29 is 19.1 Å². The molecule has 14 heavy (non-hydrogen) atoms. The highest BCUT2D eigenvalue weighted by Crippen LogP contribution is 2.09. The van der Waals surface area contributed by atoms with Crippen LogP contribution in [0.3, 0.4) is 0 Å². The van der Waals surface area contributed by atoms with Gasteiger partial charge in [-0.05, 0) is 18.2 Å². The quantitative estimate of drug-likeness (QED) is 0.539. The molecule has 0 fully saturated rings. The van der Waals surface area contributed by atoms with Crippen molar-refractivity contribution in [3.8, 4) is 0 Å². The van der Waals surface area contributed by atoms with Crippen LogP contribution in [0.2, 0.25) is 0 Å². The molecule has 0 unspecified atom stereocenters. The Balaban J connectivity index is 2.78. The Kier molecular flexibility index (Phi) is 3.19. The molecule has 5 nitrogen and oxygen atoms in total. The number of rotatable bonds is 4. The summed E-state index contributed by atoms with van der Waals surface area (Å²) in [4.78, 5) is 21.2. The molecule has 3 N–H and O–H groups in total. The summed E-state index contributed by atoms with van der Waals surface area (Å²) >= 11 is 0. The van der Waals surface area contributed by atoms with Gasteiger partial charge < -0.3 is 15.3 Å². The van der Waals surface area contributed by atoms with Crippen LogP contribution < -0.4 is 5.73 Å². The first-order chi connectivity index (χ1) is 6.63. The Morgan fingerprint density at radius 1 is 1.50 bits per heavy atom. The van der Waals surface area contributed by atoms with Crippen LogP contribution >= 0.6 is 0 Å². The van der Waals surface area contributed by atoms with Crippen molar-refractivity contribution in [2.75, 3.05) is 6.54 Å². The second-order valence-electron chi connectivity index (χ2n) is 2.50. The van der Waals surface area contributed by atoms with Gasteiger partial charge in [-0.15, -0.1) is 0 Å². The highest BCUT2D eigenvalue weighted by molar-refractivity contribution is 5.95. The smallest absolute Gasteiger partial charge is 0.328 e. The molecule has 1 rings (SSSR count). The standard InChI is InChI=1S/C9H9NO4/c10-5-7(11)8-3-1-6(14-8)2-4-9(12)13/h1-4H,5,10H2,(H,12,13)/b4-2+. The molecule has 0 aliphatic heterocycles. The summed E-state index contributed by atoms with van der Waals surface area (Å²) in [7, 11) is 0. The summed E-state index contributed by atoms with van der Waals surface area (Å²) in [6, 6.07) is 2.96. The zero-order chi connectivity index (χ0) is 10.6. The van der Waals surface area contributed by atoms with Gasteiger partial charge in [-0.25, -0.2) is 4.79 Å². The number of carbonyl (C=O) groups excluding carboxylic acids is 1. The lowest BCUT2D eigenvalue weighted by molar-refractivity contribution is -0.131. The summed E-state index contributed by atoms with van der Waals surface area (Å²) in [6.07, 6.45) is 2.19. The van der Waals surface area contributed by atoms with Crippen LogP contribution in [0.4, 0.5) is 0 Å². The number of aliphatic carboxylic acids is 1. The van der Waals surface area contributed by atoms with Crippen LogP contribution in [0.1, 0.15) is 16.3 Å². The average molecular weight is 195 g/mol. The summed E-state index contributed by atoms with van der Waals surface area (Å²) < 4.78 is 5.01. The number of hydrogen-bond donors (Lipinski definition) is 2. The first-order valence-electron chi connectivity index (χ1n) is 3.87. The minimum Gasteiger partial charge on any atom is -0.478 e. The topological polar surface area (TPSA) is 93.5 Å². The SMILES string of the molecule is NCC(=O)c1ccc(/C=C/C(=O)O)o1. The van der Waals surface area contributed by atoms with Crippen molar-refractivity contribution in [3.05, 3.63) is 29.7 Å². The fourth-order valence-corrected chi connectivity index (χ4v) is 0.846. The van der Waals surface area contributed by atoms with Crippen molar-refractivity contribution in [1.29, 1.82) is 0 Å². The zero-order valence-corrected chi connectivity index (χ0v) is 7.27. The second-order valence-corrected chi connectivity index (χ2v) is 2.50. The lowest BCUT2D eigenvalue weighted by Crippen LogP contribution is -2.12. The highest BCUT2D eigenvalue weighted by atomic mass is 16.4. The van der Waals surface area contributed by atoms with Crippen LogP contribution in [0.25, 0.3) is 6.08 Å². The highest BCUT2D eigenvalue weighted by Gasteiger charge is 2.07. The van der Waals surface area contributed by atoms with E-state index in [1.807, 2.05) is 0 Å². The van der Waals surface area contributed by atoms with Gasteiger partial charge >= 0.3 is 5.97 Å². The summed E-state index contributed by atoms with van der Waals surface area (Å²) in [5, 5.41) is 8.32. The van der Waals surface area contributed by atoms with Gasteiger partial charge in [-0.2, -0.15) is 0 Å². The Labute approximate surface area is 79.8 Å². The van der Waals surface area contributed by atoms with Gasteiger partial charge in [-0.1, -0.05) is 0 Å². The number of furan rings is 1. The minimum atomic E-state index is -1.08. The van der Waals surface area contributed by atoms with E-state index in [0.29, 0.717) is 5.76 Å². The summed E-state index contributed by atoms with van der Waals surface area (Å²) in [5.74, 6) is -0.949. The van der Waals surface area contributed by atoms with Crippen molar-refractivity contribution in [2.45, 2.75) is 0 Å². The van der Waals surface area contributed by atoms with Crippen LogP contribution in [0.5, 0.6) is 0 Å². The lowest BCUT2D eigenvalue weighted by Gasteiger charge is -1.89. The maximum Gasteiger partial charge on any atom is 0.328 e. The third-order valence-corrected chi connectivity index (χ3v) is 1.48. The molecule has 0 radical (unpaired) electrons. The number of carboxylic acid groups (broad SMARTS) is 1. The molecule has 0 saturated carbocycles. The van der Waals surface area contributed by atoms with Gasteiger partial charge in [0, 0.05) is 6.08 Å². The lowest BCUT2D eigenvalue weighted by atomic mass is 10.3. The van der Waals surface area contributed by atoms with Gasteiger partial charge in [0.05, 0.1) is 6.54 Å². The predicted octanol–water partition coefficient (Wildman–Crippen LogP) is 0.519. The molecule has 0 spiro atoms. The van der Waals surface area contributed by atoms with E-state index in [1.165, 1.54) is 18.2 Å². The first-order valence-corrected chi connectivity index (χ1v) is 3.87. The van der Waals surface area contributed by atoms with E-state index in [2.05, 4.69) is 0 Å². The van der Waals surface area contributed by atoms with Crippen molar-refractivity contribution >= 4 is 17.8 Å². The van der Waals surface area contributed by atoms with Crippen molar-refractivity contribution in [3.63, 3.8) is 0 Å². The molecule has 1 aromatic rings. The molecule has 0 bridgehead atoms. The fraction of sp³-hybridized carbons (Fsp3) is 0.111. The van der Waals surface area contributed by atoms with E-state index in [-0.39, 0.29) is 18.1 Å². The van der Waals surface area contributed by atoms with Crippen LogP contribution in [0.15, 0.2) is 22.6 Å². The average Bonchev–Trinajstić information content (AvgIpc) is 2.62. The van der Waals surface area contributed by atoms with Crippen LogP contribution in [0, 0.1) is 0 Å². The summed E-state index contributed by atoms with van der Waals surface area (Å²) in [6.45, 7) is -0.129. The predicted molar refractivity (Wildman–Crippen MR) is 48.8 cm³/mol. The number of hydrogen-bond acceptors (Lipinski definition) is 4. The normalized spacial score (nSPS) is 10.6. The molecular weight excluding hydrogens is 186 g/mol. The van der Waals surface area contributed by atoms with Gasteiger partial charge in [-0.3, -0.25) is 4.79 Å². The molecule has 0 aliphatic rings. The Morgan fingerprint density at radius 2 is 2.21 bits per heavy atom. The van der Waals surface area contributed by atoms with Crippen LogP contribution in [-0.4, -0.2) is 23.4 Å². The third kappa shape index (κ3) is 2.56. The fourth-order valence-electron chi connectivity index (χ4n) is 0.846. The molecule has 0 amide bonds. The van der Waals surface area contributed by atoms with Gasteiger partial charge in [0.2, 0.25) is 5.78 Å². The largest absolute Gasteiger partial charge is 0.478 e. The van der Waals surface area contributed by atoms with Gasteiger partial charge in [0.25, 0.3) is 0 Å². The summed E-state index contributed by atoms with van der Waals surface area (Å²) in [5.41, 5.74) is 5.11. The van der Waals surface area contributed by atoms with E-state index in [0.717, 1.165) is 6.08 Å². The van der Waals surface area contributed by atoms with Crippen molar-refractivity contribution in [1.82, 2.24) is 0 Å². The third-order valence-electron chi connectivity index (χ3n) is 1.48. The van der Waals surface area contributed by atoms with E-state index in [9.17, 15) is 9.59 Å². The monoisotopic (exact) mass is 195 g/mol.